The molecule has 0 bridgehead atoms. The van der Waals surface area contributed by atoms with E-state index < -0.39 is 0 Å². The summed E-state index contributed by atoms with van der Waals surface area (Å²) in [5.74, 6) is -0.173. The Morgan fingerprint density at radius 1 is 1.18 bits per heavy atom. The van der Waals surface area contributed by atoms with Crippen LogP contribution < -0.4 is 5.32 Å². The highest BCUT2D eigenvalue weighted by atomic mass is 35.5. The topological polar surface area (TPSA) is 29.1 Å². The largest absolute Gasteiger partial charge is 0.324 e. The van der Waals surface area contributed by atoms with Gasteiger partial charge in [-0.05, 0) is 35.4 Å². The highest BCUT2D eigenvalue weighted by Crippen LogP contribution is 2.34. The third-order valence-corrected chi connectivity index (χ3v) is 3.52. The minimum absolute atomic E-state index is 0.0110. The first-order valence-electron chi connectivity index (χ1n) is 5.69. The number of carbonyl (C=O) groups is 1. The molecular weight excluding hydrogens is 234 g/mol. The summed E-state index contributed by atoms with van der Waals surface area (Å²) in [6, 6.07) is 10.3. The molecule has 3 rings (SSSR count). The summed E-state index contributed by atoms with van der Waals surface area (Å²) in [7, 11) is 0. The van der Waals surface area contributed by atoms with Gasteiger partial charge in [0.15, 0.2) is 0 Å². The molecule has 0 fully saturated rings. The van der Waals surface area contributed by atoms with Gasteiger partial charge in [-0.1, -0.05) is 24.3 Å². The lowest BCUT2D eigenvalue weighted by Crippen LogP contribution is -2.12. The fourth-order valence-corrected chi connectivity index (χ4v) is 2.61. The van der Waals surface area contributed by atoms with E-state index in [4.69, 9.17) is 11.6 Å². The van der Waals surface area contributed by atoms with Gasteiger partial charge in [0, 0.05) is 11.1 Å². The molecule has 0 saturated heterocycles. The Labute approximate surface area is 105 Å². The lowest BCUT2D eigenvalue weighted by Gasteiger charge is -2.09. The van der Waals surface area contributed by atoms with Crippen LogP contribution >= 0.6 is 11.6 Å². The van der Waals surface area contributed by atoms with Crippen LogP contribution in [0.1, 0.15) is 11.1 Å². The second-order valence-electron chi connectivity index (χ2n) is 4.29. The number of halogens is 1. The Morgan fingerprint density at radius 2 is 1.94 bits per heavy atom. The number of anilines is 1. The predicted molar refractivity (Wildman–Crippen MR) is 70.7 cm³/mol. The molecule has 0 heterocycles. The molecule has 0 radical (unpaired) electrons. The fraction of sp³-hybridized carbons (Fsp3) is 0.214. The summed E-state index contributed by atoms with van der Waals surface area (Å²) in [6.07, 6.45) is 2.19. The molecule has 0 aliphatic heterocycles. The predicted octanol–water partition coefficient (Wildman–Crippen LogP) is 3.12. The van der Waals surface area contributed by atoms with Crippen molar-refractivity contribution in [2.45, 2.75) is 12.8 Å². The Kier molecular flexibility index (Phi) is 2.52. The zero-order chi connectivity index (χ0) is 11.8. The average Bonchev–Trinajstić information content (AvgIpc) is 2.78. The van der Waals surface area contributed by atoms with Gasteiger partial charge in [-0.3, -0.25) is 4.79 Å². The number of rotatable bonds is 2. The van der Waals surface area contributed by atoms with E-state index in [2.05, 4.69) is 23.5 Å². The van der Waals surface area contributed by atoms with E-state index in [1.807, 2.05) is 12.1 Å². The van der Waals surface area contributed by atoms with E-state index in [9.17, 15) is 4.79 Å². The molecule has 0 spiro atoms. The molecule has 2 nitrogen and oxygen atoms in total. The summed E-state index contributed by atoms with van der Waals surface area (Å²) in [5.41, 5.74) is 3.61. The summed E-state index contributed by atoms with van der Waals surface area (Å²) in [4.78, 5) is 11.4. The van der Waals surface area contributed by atoms with E-state index in [0.717, 1.165) is 23.9 Å². The molecule has 1 amide bonds. The zero-order valence-corrected chi connectivity index (χ0v) is 10.1. The lowest BCUT2D eigenvalue weighted by molar-refractivity contribution is -0.113. The molecule has 86 valence electrons. The number of aryl methyl sites for hydroxylation is 2. The van der Waals surface area contributed by atoms with Gasteiger partial charge in [-0.25, -0.2) is 0 Å². The minimum Gasteiger partial charge on any atom is -0.324 e. The maximum Gasteiger partial charge on any atom is 0.239 e. The average molecular weight is 246 g/mol. The third kappa shape index (κ3) is 1.69. The Morgan fingerprint density at radius 3 is 2.71 bits per heavy atom. The highest BCUT2D eigenvalue weighted by molar-refractivity contribution is 6.29. The molecular formula is C14H12ClNO. The molecule has 3 heteroatoms. The summed E-state index contributed by atoms with van der Waals surface area (Å²) in [6.45, 7) is 0. The fourth-order valence-electron chi connectivity index (χ4n) is 2.54. The second-order valence-corrected chi connectivity index (χ2v) is 4.56. The van der Waals surface area contributed by atoms with Crippen LogP contribution in [0.5, 0.6) is 0 Å². The van der Waals surface area contributed by atoms with E-state index in [0.29, 0.717) is 0 Å². The first-order chi connectivity index (χ1) is 8.29. The van der Waals surface area contributed by atoms with Crippen LogP contribution in [-0.2, 0) is 17.6 Å². The van der Waals surface area contributed by atoms with Gasteiger partial charge in [0.1, 0.15) is 5.88 Å². The monoisotopic (exact) mass is 245 g/mol. The quantitative estimate of drug-likeness (QED) is 0.810. The van der Waals surface area contributed by atoms with Crippen LogP contribution in [-0.4, -0.2) is 11.8 Å². The van der Waals surface area contributed by atoms with E-state index >= 15 is 0 Å². The van der Waals surface area contributed by atoms with Crippen molar-refractivity contribution in [2.24, 2.45) is 0 Å². The number of nitrogens with one attached hydrogen (secondary N) is 1. The molecule has 17 heavy (non-hydrogen) atoms. The van der Waals surface area contributed by atoms with Crippen molar-refractivity contribution >= 4 is 34.0 Å². The summed E-state index contributed by atoms with van der Waals surface area (Å²) in [5, 5.41) is 5.27. The third-order valence-electron chi connectivity index (χ3n) is 3.27. The molecule has 1 aliphatic carbocycles. The normalized spacial score (nSPS) is 13.0. The van der Waals surface area contributed by atoms with Crippen LogP contribution in [0.25, 0.3) is 10.8 Å². The van der Waals surface area contributed by atoms with Crippen molar-refractivity contribution in [3.8, 4) is 0 Å². The lowest BCUT2D eigenvalue weighted by atomic mass is 10.0. The van der Waals surface area contributed by atoms with Gasteiger partial charge >= 0.3 is 0 Å². The smallest absolute Gasteiger partial charge is 0.239 e. The van der Waals surface area contributed by atoms with Gasteiger partial charge < -0.3 is 5.32 Å². The maximum absolute atomic E-state index is 11.4. The van der Waals surface area contributed by atoms with Crippen molar-refractivity contribution in [1.82, 2.24) is 0 Å². The van der Waals surface area contributed by atoms with Gasteiger partial charge in [-0.15, -0.1) is 11.6 Å². The zero-order valence-electron chi connectivity index (χ0n) is 9.29. The molecule has 0 unspecified atom stereocenters. The standard InChI is InChI=1S/C14H12ClNO/c15-8-13(17)16-12-7-6-10-5-4-9-2-1-3-11(12)14(9)10/h1-3,6-7H,4-5,8H2,(H,16,17). The molecule has 1 N–H and O–H groups in total. The van der Waals surface area contributed by atoms with Crippen LogP contribution in [0.15, 0.2) is 30.3 Å². The molecule has 0 saturated carbocycles. The van der Waals surface area contributed by atoms with Crippen LogP contribution in [0.4, 0.5) is 5.69 Å². The number of carbonyl (C=O) groups excluding carboxylic acids is 1. The van der Waals surface area contributed by atoms with Crippen molar-refractivity contribution in [2.75, 3.05) is 11.2 Å². The van der Waals surface area contributed by atoms with Gasteiger partial charge in [0.05, 0.1) is 0 Å². The highest BCUT2D eigenvalue weighted by Gasteiger charge is 2.16. The van der Waals surface area contributed by atoms with Crippen LogP contribution in [0.2, 0.25) is 0 Å². The molecule has 1 aliphatic rings. The van der Waals surface area contributed by atoms with Gasteiger partial charge in [-0.2, -0.15) is 0 Å². The SMILES string of the molecule is O=C(CCl)Nc1ccc2c3c(cccc13)CC2. The number of benzene rings is 2. The first-order valence-corrected chi connectivity index (χ1v) is 6.22. The Balaban J connectivity index is 2.18. The summed E-state index contributed by atoms with van der Waals surface area (Å²) < 4.78 is 0. The molecule has 0 aromatic heterocycles. The van der Waals surface area contributed by atoms with E-state index in [1.54, 1.807) is 0 Å². The molecule has 2 aromatic carbocycles. The van der Waals surface area contributed by atoms with Crippen molar-refractivity contribution in [3.63, 3.8) is 0 Å². The second kappa shape index (κ2) is 4.04. The Hall–Kier alpha value is -1.54. The van der Waals surface area contributed by atoms with Gasteiger partial charge in [0.25, 0.3) is 0 Å². The van der Waals surface area contributed by atoms with E-state index in [1.165, 1.54) is 16.5 Å². The number of hydrogen-bond donors (Lipinski definition) is 1. The van der Waals surface area contributed by atoms with Crippen LogP contribution in [0.3, 0.4) is 0 Å². The number of alkyl halides is 1. The maximum atomic E-state index is 11.4. The van der Waals surface area contributed by atoms with Crippen molar-refractivity contribution < 1.29 is 4.79 Å². The summed E-state index contributed by atoms with van der Waals surface area (Å²) >= 11 is 5.52. The Bertz CT molecular complexity index is 596. The molecule has 2 aromatic rings. The number of hydrogen-bond acceptors (Lipinski definition) is 1. The van der Waals surface area contributed by atoms with Crippen molar-refractivity contribution in [3.05, 3.63) is 41.5 Å². The molecule has 0 atom stereocenters. The first kappa shape index (κ1) is 10.6. The van der Waals surface area contributed by atoms with E-state index in [-0.39, 0.29) is 11.8 Å². The number of amides is 1. The van der Waals surface area contributed by atoms with Gasteiger partial charge in [0.2, 0.25) is 5.91 Å². The minimum atomic E-state index is -0.162. The van der Waals surface area contributed by atoms with Crippen LogP contribution in [0, 0.1) is 0 Å². The van der Waals surface area contributed by atoms with Crippen molar-refractivity contribution in [1.29, 1.82) is 0 Å².